The van der Waals surface area contributed by atoms with Gasteiger partial charge in [-0.25, -0.2) is 9.07 Å². The van der Waals surface area contributed by atoms with Gasteiger partial charge in [0.05, 0.1) is 31.3 Å². The van der Waals surface area contributed by atoms with E-state index in [4.69, 9.17) is 9.47 Å². The Kier molecular flexibility index (Phi) is 5.97. The second-order valence-corrected chi connectivity index (χ2v) is 6.36. The van der Waals surface area contributed by atoms with Crippen LogP contribution in [0, 0.1) is 19.7 Å². The summed E-state index contributed by atoms with van der Waals surface area (Å²) in [6.45, 7) is 3.75. The van der Waals surface area contributed by atoms with Crippen molar-refractivity contribution in [2.24, 2.45) is 0 Å². The van der Waals surface area contributed by atoms with E-state index in [1.165, 1.54) is 25.3 Å². The first-order chi connectivity index (χ1) is 13.9. The Morgan fingerprint density at radius 3 is 2.48 bits per heavy atom. The molecular weight excluding hydrogens is 373 g/mol. The largest absolute Gasteiger partial charge is 0.497 e. The molecule has 6 nitrogen and oxygen atoms in total. The summed E-state index contributed by atoms with van der Waals surface area (Å²) in [6, 6.07) is 11.2. The average molecular weight is 395 g/mol. The molecule has 0 aliphatic heterocycles. The van der Waals surface area contributed by atoms with Crippen molar-refractivity contribution in [3.05, 3.63) is 71.3 Å². The molecule has 3 rings (SSSR count). The summed E-state index contributed by atoms with van der Waals surface area (Å²) < 4.78 is 25.4. The van der Waals surface area contributed by atoms with Crippen LogP contribution in [0.3, 0.4) is 0 Å². The van der Waals surface area contributed by atoms with Crippen molar-refractivity contribution in [1.29, 1.82) is 0 Å². The lowest BCUT2D eigenvalue weighted by Crippen LogP contribution is -2.09. The molecule has 7 heteroatoms. The Labute approximate surface area is 168 Å². The Bertz CT molecular complexity index is 1060. The number of ether oxygens (including phenoxy) is 2. The molecular formula is C22H22FN3O3. The number of aromatic nitrogens is 2. The maximum Gasteiger partial charge on any atom is 0.248 e. The highest BCUT2D eigenvalue weighted by Gasteiger charge is 2.12. The number of anilines is 1. The standard InChI is InChI=1S/C22H22FN3O3/c1-14-19(15(2)26(25-14)17-7-5-16(23)6-8-17)10-12-22(27)24-20-13-18(28-3)9-11-21(20)29-4/h5-13H,1-4H3,(H,24,27)/b12-10+. The predicted octanol–water partition coefficient (Wildman–Crippen LogP) is 4.30. The van der Waals surface area contributed by atoms with Gasteiger partial charge in [-0.1, -0.05) is 0 Å². The maximum absolute atomic E-state index is 13.2. The summed E-state index contributed by atoms with van der Waals surface area (Å²) in [5.41, 5.74) is 3.68. The summed E-state index contributed by atoms with van der Waals surface area (Å²) in [5, 5.41) is 7.29. The van der Waals surface area contributed by atoms with Crippen molar-refractivity contribution in [2.45, 2.75) is 13.8 Å². The summed E-state index contributed by atoms with van der Waals surface area (Å²) in [6.07, 6.45) is 3.14. The fraction of sp³-hybridized carbons (Fsp3) is 0.182. The number of aryl methyl sites for hydroxylation is 1. The molecule has 0 unspecified atom stereocenters. The molecule has 0 fully saturated rings. The van der Waals surface area contributed by atoms with Gasteiger partial charge in [-0.15, -0.1) is 0 Å². The second kappa shape index (κ2) is 8.60. The molecule has 0 spiro atoms. The molecule has 0 aliphatic rings. The third kappa shape index (κ3) is 4.45. The van der Waals surface area contributed by atoms with Gasteiger partial charge in [0.15, 0.2) is 0 Å². The molecule has 1 heterocycles. The maximum atomic E-state index is 13.2. The van der Waals surface area contributed by atoms with Crippen LogP contribution in [0.5, 0.6) is 11.5 Å². The number of hydrogen-bond acceptors (Lipinski definition) is 4. The molecule has 0 radical (unpaired) electrons. The predicted molar refractivity (Wildman–Crippen MR) is 110 cm³/mol. The highest BCUT2D eigenvalue weighted by molar-refractivity contribution is 6.03. The first-order valence-electron chi connectivity index (χ1n) is 8.96. The fourth-order valence-electron chi connectivity index (χ4n) is 2.97. The monoisotopic (exact) mass is 395 g/mol. The van der Waals surface area contributed by atoms with Crippen LogP contribution < -0.4 is 14.8 Å². The van der Waals surface area contributed by atoms with Gasteiger partial charge >= 0.3 is 0 Å². The summed E-state index contributed by atoms with van der Waals surface area (Å²) in [7, 11) is 3.08. The van der Waals surface area contributed by atoms with E-state index in [-0.39, 0.29) is 11.7 Å². The number of nitrogens with zero attached hydrogens (tertiary/aromatic N) is 2. The third-order valence-corrected chi connectivity index (χ3v) is 4.48. The number of hydrogen-bond donors (Lipinski definition) is 1. The van der Waals surface area contributed by atoms with Crippen LogP contribution >= 0.6 is 0 Å². The van der Waals surface area contributed by atoms with Crippen LogP contribution in [-0.4, -0.2) is 29.9 Å². The number of carbonyl (C=O) groups excluding carboxylic acids is 1. The van der Waals surface area contributed by atoms with Crippen molar-refractivity contribution < 1.29 is 18.7 Å². The van der Waals surface area contributed by atoms with E-state index in [1.54, 1.807) is 48.2 Å². The number of halogens is 1. The zero-order valence-electron chi connectivity index (χ0n) is 16.7. The lowest BCUT2D eigenvalue weighted by atomic mass is 10.1. The Morgan fingerprint density at radius 1 is 1.10 bits per heavy atom. The zero-order valence-corrected chi connectivity index (χ0v) is 16.7. The highest BCUT2D eigenvalue weighted by Crippen LogP contribution is 2.29. The number of amides is 1. The third-order valence-electron chi connectivity index (χ3n) is 4.48. The molecule has 0 aliphatic carbocycles. The number of benzene rings is 2. The molecule has 1 amide bonds. The van der Waals surface area contributed by atoms with Gasteiger partial charge in [0.2, 0.25) is 5.91 Å². The van der Waals surface area contributed by atoms with Crippen LogP contribution in [0.15, 0.2) is 48.5 Å². The van der Waals surface area contributed by atoms with E-state index in [2.05, 4.69) is 10.4 Å². The minimum absolute atomic E-state index is 0.306. The molecule has 0 saturated carbocycles. The van der Waals surface area contributed by atoms with Crippen LogP contribution in [0.1, 0.15) is 17.0 Å². The Hall–Kier alpha value is -3.61. The SMILES string of the molecule is COc1ccc(OC)c(NC(=O)/C=C/c2c(C)nn(-c3ccc(F)cc3)c2C)c1. The van der Waals surface area contributed by atoms with E-state index in [0.717, 1.165) is 22.6 Å². The van der Waals surface area contributed by atoms with Gasteiger partial charge in [-0.3, -0.25) is 4.79 Å². The molecule has 3 aromatic rings. The summed E-state index contributed by atoms with van der Waals surface area (Å²) in [5.74, 6) is 0.520. The number of rotatable bonds is 6. The van der Waals surface area contributed by atoms with Crippen molar-refractivity contribution in [3.63, 3.8) is 0 Å². The summed E-state index contributed by atoms with van der Waals surface area (Å²) >= 11 is 0. The van der Waals surface area contributed by atoms with E-state index in [9.17, 15) is 9.18 Å². The quantitative estimate of drug-likeness (QED) is 0.632. The van der Waals surface area contributed by atoms with Gasteiger partial charge in [0, 0.05) is 23.4 Å². The Balaban J connectivity index is 1.81. The molecule has 1 N–H and O–H groups in total. The van der Waals surface area contributed by atoms with Gasteiger partial charge in [-0.2, -0.15) is 5.10 Å². The van der Waals surface area contributed by atoms with Crippen molar-refractivity contribution >= 4 is 17.7 Å². The number of methoxy groups -OCH3 is 2. The minimum atomic E-state index is -0.315. The molecule has 2 aromatic carbocycles. The van der Waals surface area contributed by atoms with E-state index in [1.807, 2.05) is 13.8 Å². The average Bonchev–Trinajstić information content (AvgIpc) is 3.00. The fourth-order valence-corrected chi connectivity index (χ4v) is 2.97. The molecule has 0 atom stereocenters. The van der Waals surface area contributed by atoms with E-state index < -0.39 is 0 Å². The van der Waals surface area contributed by atoms with Gasteiger partial charge in [-0.05, 0) is 56.3 Å². The van der Waals surface area contributed by atoms with E-state index in [0.29, 0.717) is 17.2 Å². The highest BCUT2D eigenvalue weighted by atomic mass is 19.1. The molecule has 0 bridgehead atoms. The van der Waals surface area contributed by atoms with Gasteiger partial charge in [0.1, 0.15) is 17.3 Å². The molecule has 0 saturated heterocycles. The normalized spacial score (nSPS) is 10.9. The zero-order chi connectivity index (χ0) is 21.0. The van der Waals surface area contributed by atoms with Crippen LogP contribution in [0.25, 0.3) is 11.8 Å². The molecule has 1 aromatic heterocycles. The van der Waals surface area contributed by atoms with Crippen molar-refractivity contribution in [2.75, 3.05) is 19.5 Å². The lowest BCUT2D eigenvalue weighted by Gasteiger charge is -2.10. The first kappa shape index (κ1) is 20.1. The lowest BCUT2D eigenvalue weighted by molar-refractivity contribution is -0.111. The minimum Gasteiger partial charge on any atom is -0.497 e. The van der Waals surface area contributed by atoms with Gasteiger partial charge in [0.25, 0.3) is 0 Å². The molecule has 150 valence electrons. The number of nitrogens with one attached hydrogen (secondary N) is 1. The first-order valence-corrected chi connectivity index (χ1v) is 8.96. The van der Waals surface area contributed by atoms with Crippen molar-refractivity contribution in [1.82, 2.24) is 9.78 Å². The van der Waals surface area contributed by atoms with Crippen LogP contribution in [-0.2, 0) is 4.79 Å². The van der Waals surface area contributed by atoms with Crippen LogP contribution in [0.4, 0.5) is 10.1 Å². The number of carbonyl (C=O) groups is 1. The van der Waals surface area contributed by atoms with Crippen molar-refractivity contribution in [3.8, 4) is 17.2 Å². The van der Waals surface area contributed by atoms with Crippen LogP contribution in [0.2, 0.25) is 0 Å². The second-order valence-electron chi connectivity index (χ2n) is 6.36. The topological polar surface area (TPSA) is 65.4 Å². The molecule has 29 heavy (non-hydrogen) atoms. The Morgan fingerprint density at radius 2 is 1.83 bits per heavy atom. The van der Waals surface area contributed by atoms with E-state index >= 15 is 0 Å². The summed E-state index contributed by atoms with van der Waals surface area (Å²) in [4.78, 5) is 12.4. The smallest absolute Gasteiger partial charge is 0.248 e. The van der Waals surface area contributed by atoms with Gasteiger partial charge < -0.3 is 14.8 Å².